The Morgan fingerprint density at radius 2 is 1.95 bits per heavy atom. The minimum atomic E-state index is -0.706. The van der Waals surface area contributed by atoms with Crippen molar-refractivity contribution in [3.8, 4) is 11.8 Å². The number of anilines is 1. The van der Waals surface area contributed by atoms with Crippen molar-refractivity contribution >= 4 is 17.5 Å². The summed E-state index contributed by atoms with van der Waals surface area (Å²) in [6, 6.07) is 3.98. The second kappa shape index (κ2) is 5.28. The van der Waals surface area contributed by atoms with Crippen LogP contribution in [0.5, 0.6) is 0 Å². The van der Waals surface area contributed by atoms with Gasteiger partial charge in [0, 0.05) is 5.56 Å². The Balaban J connectivity index is 1.96. The normalized spacial score (nSPS) is 24.0. The molecule has 5 nitrogen and oxygen atoms in total. The Morgan fingerprint density at radius 1 is 1.29 bits per heavy atom. The van der Waals surface area contributed by atoms with E-state index in [0.29, 0.717) is 18.4 Å². The van der Waals surface area contributed by atoms with Crippen LogP contribution >= 0.6 is 0 Å². The van der Waals surface area contributed by atoms with E-state index >= 15 is 0 Å². The average molecular weight is 289 g/mol. The summed E-state index contributed by atoms with van der Waals surface area (Å²) in [4.78, 5) is 25.2. The van der Waals surface area contributed by atoms with E-state index in [0.717, 1.165) is 11.0 Å². The summed E-state index contributed by atoms with van der Waals surface area (Å²) in [7, 11) is 0. The highest BCUT2D eigenvalue weighted by atomic mass is 19.1. The largest absolute Gasteiger partial charge is 0.384 e. The summed E-state index contributed by atoms with van der Waals surface area (Å²) < 4.78 is 19.4. The topological polar surface area (TPSA) is 66.8 Å². The molecule has 2 unspecified atom stereocenters. The molecular weight excluding hydrogens is 277 g/mol. The van der Waals surface area contributed by atoms with Crippen LogP contribution in [-0.4, -0.2) is 35.7 Å². The fourth-order valence-corrected chi connectivity index (χ4v) is 2.54. The minimum absolute atomic E-state index is 0.0836. The number of morpholine rings is 1. The van der Waals surface area contributed by atoms with Crippen molar-refractivity contribution in [3.05, 3.63) is 29.6 Å². The molecule has 1 aromatic carbocycles. The molecule has 2 atom stereocenters. The first-order chi connectivity index (χ1) is 10.1. The molecule has 0 radical (unpaired) electrons. The molecule has 108 valence electrons. The molecule has 0 spiro atoms. The van der Waals surface area contributed by atoms with Gasteiger partial charge in [-0.15, -0.1) is 0 Å². The van der Waals surface area contributed by atoms with E-state index in [9.17, 15) is 14.0 Å². The molecule has 2 bridgehead atoms. The van der Waals surface area contributed by atoms with E-state index in [2.05, 4.69) is 11.8 Å². The van der Waals surface area contributed by atoms with Crippen LogP contribution < -0.4 is 4.90 Å². The number of rotatable bonds is 1. The lowest BCUT2D eigenvalue weighted by Crippen LogP contribution is -2.52. The van der Waals surface area contributed by atoms with Gasteiger partial charge in [-0.25, -0.2) is 9.29 Å². The van der Waals surface area contributed by atoms with Crippen LogP contribution in [0.25, 0.3) is 0 Å². The zero-order valence-electron chi connectivity index (χ0n) is 11.0. The van der Waals surface area contributed by atoms with Gasteiger partial charge in [-0.2, -0.15) is 0 Å². The molecule has 2 aliphatic rings. The fourth-order valence-electron chi connectivity index (χ4n) is 2.54. The van der Waals surface area contributed by atoms with Crippen molar-refractivity contribution in [3.63, 3.8) is 0 Å². The molecule has 6 heteroatoms. The van der Waals surface area contributed by atoms with Crippen LogP contribution in [0.3, 0.4) is 0 Å². The van der Waals surface area contributed by atoms with E-state index in [1.54, 1.807) is 0 Å². The number of hydrogen-bond donors (Lipinski definition) is 1. The molecule has 0 saturated carbocycles. The predicted molar refractivity (Wildman–Crippen MR) is 70.8 cm³/mol. The van der Waals surface area contributed by atoms with E-state index in [1.807, 2.05) is 0 Å². The molecule has 2 aliphatic heterocycles. The van der Waals surface area contributed by atoms with Crippen LogP contribution in [0.4, 0.5) is 10.1 Å². The van der Waals surface area contributed by atoms with E-state index < -0.39 is 29.8 Å². The molecule has 2 saturated heterocycles. The zero-order chi connectivity index (χ0) is 15.0. The van der Waals surface area contributed by atoms with Crippen LogP contribution in [-0.2, 0) is 14.3 Å². The highest BCUT2D eigenvalue weighted by Crippen LogP contribution is 2.33. The lowest BCUT2D eigenvalue weighted by Gasteiger charge is -2.30. The maximum Gasteiger partial charge on any atom is 0.263 e. The van der Waals surface area contributed by atoms with Crippen molar-refractivity contribution in [2.75, 3.05) is 11.5 Å². The Hall–Kier alpha value is -2.23. The summed E-state index contributed by atoms with van der Waals surface area (Å²) in [5.74, 6) is 3.21. The third kappa shape index (κ3) is 2.31. The summed E-state index contributed by atoms with van der Waals surface area (Å²) >= 11 is 0. The highest BCUT2D eigenvalue weighted by molar-refractivity contribution is 6.19. The van der Waals surface area contributed by atoms with Gasteiger partial charge in [0.1, 0.15) is 24.6 Å². The summed E-state index contributed by atoms with van der Waals surface area (Å²) in [5, 5.41) is 8.61. The Kier molecular flexibility index (Phi) is 3.45. The number of ether oxygens (including phenoxy) is 1. The minimum Gasteiger partial charge on any atom is -0.384 e. The first kappa shape index (κ1) is 13.7. The van der Waals surface area contributed by atoms with E-state index in [-0.39, 0.29) is 12.3 Å². The average Bonchev–Trinajstić information content (AvgIpc) is 2.92. The van der Waals surface area contributed by atoms with Crippen LogP contribution in [0.15, 0.2) is 18.2 Å². The van der Waals surface area contributed by atoms with Crippen molar-refractivity contribution in [1.29, 1.82) is 0 Å². The monoisotopic (exact) mass is 289 g/mol. The highest BCUT2D eigenvalue weighted by Gasteiger charge is 2.47. The molecule has 2 amide bonds. The fraction of sp³-hybridized carbons (Fsp3) is 0.333. The number of hydrogen-bond acceptors (Lipinski definition) is 4. The lowest BCUT2D eigenvalue weighted by atomic mass is 10.1. The van der Waals surface area contributed by atoms with Gasteiger partial charge in [0.15, 0.2) is 0 Å². The second-order valence-corrected chi connectivity index (χ2v) is 4.83. The van der Waals surface area contributed by atoms with Crippen LogP contribution in [0.1, 0.15) is 18.4 Å². The Labute approximate surface area is 120 Å². The third-order valence-corrected chi connectivity index (χ3v) is 3.51. The van der Waals surface area contributed by atoms with Gasteiger partial charge in [0.25, 0.3) is 11.8 Å². The Bertz CT molecular complexity index is 654. The molecule has 21 heavy (non-hydrogen) atoms. The molecular formula is C15H12FNO4. The number of carbonyl (C=O) groups is 2. The van der Waals surface area contributed by atoms with Crippen molar-refractivity contribution < 1.29 is 23.8 Å². The number of aliphatic hydroxyl groups is 1. The predicted octanol–water partition coefficient (Wildman–Crippen LogP) is 0.590. The zero-order valence-corrected chi connectivity index (χ0v) is 11.0. The summed E-state index contributed by atoms with van der Waals surface area (Å²) in [6.45, 7) is -0.326. The lowest BCUT2D eigenvalue weighted by molar-refractivity contribution is -0.146. The van der Waals surface area contributed by atoms with E-state index in [1.165, 1.54) is 12.1 Å². The number of amides is 2. The van der Waals surface area contributed by atoms with E-state index in [4.69, 9.17) is 9.84 Å². The van der Waals surface area contributed by atoms with Crippen molar-refractivity contribution in [1.82, 2.24) is 0 Å². The Morgan fingerprint density at radius 3 is 2.52 bits per heavy atom. The maximum absolute atomic E-state index is 14.2. The molecule has 1 aromatic rings. The molecule has 2 fully saturated rings. The maximum atomic E-state index is 14.2. The first-order valence-electron chi connectivity index (χ1n) is 6.54. The summed E-state index contributed by atoms with van der Waals surface area (Å²) in [5.41, 5.74) is 0.279. The van der Waals surface area contributed by atoms with Gasteiger partial charge in [0.2, 0.25) is 0 Å². The number of fused-ring (bicyclic) bond motifs is 2. The molecule has 1 N–H and O–H groups in total. The quantitative estimate of drug-likeness (QED) is 0.607. The van der Waals surface area contributed by atoms with Crippen molar-refractivity contribution in [2.45, 2.75) is 25.0 Å². The number of benzene rings is 1. The molecule has 0 aromatic heterocycles. The number of nitrogens with zero attached hydrogens (tertiary/aromatic N) is 1. The van der Waals surface area contributed by atoms with Gasteiger partial charge in [-0.1, -0.05) is 11.8 Å². The molecule has 2 heterocycles. The summed E-state index contributed by atoms with van der Waals surface area (Å²) in [6.07, 6.45) is -0.372. The standard InChI is InChI=1S/C15H12FNO4/c16-10-8-9(2-1-7-18)3-4-11(10)17-14(19)12-5-6-13(21-12)15(17)20/h3-4,8,12-13,18H,5-7H2. The van der Waals surface area contributed by atoms with Crippen LogP contribution in [0, 0.1) is 17.7 Å². The SMILES string of the molecule is O=C1C2CCC(O2)C(=O)N1c1ccc(C#CCO)cc1F. The van der Waals surface area contributed by atoms with Crippen LogP contribution in [0.2, 0.25) is 0 Å². The van der Waals surface area contributed by atoms with Gasteiger partial charge in [-0.05, 0) is 31.0 Å². The van der Waals surface area contributed by atoms with Gasteiger partial charge >= 0.3 is 0 Å². The van der Waals surface area contributed by atoms with Crippen molar-refractivity contribution in [2.24, 2.45) is 0 Å². The smallest absolute Gasteiger partial charge is 0.263 e. The number of imide groups is 1. The first-order valence-corrected chi connectivity index (χ1v) is 6.54. The number of carbonyl (C=O) groups excluding carboxylic acids is 2. The van der Waals surface area contributed by atoms with Gasteiger partial charge in [-0.3, -0.25) is 9.59 Å². The van der Waals surface area contributed by atoms with Gasteiger partial charge in [0.05, 0.1) is 5.69 Å². The number of aliphatic hydroxyl groups excluding tert-OH is 1. The molecule has 0 aliphatic carbocycles. The van der Waals surface area contributed by atoms with Gasteiger partial charge < -0.3 is 9.84 Å². The second-order valence-electron chi connectivity index (χ2n) is 4.83. The molecule has 3 rings (SSSR count). The third-order valence-electron chi connectivity index (χ3n) is 3.51. The number of halogens is 1.